The number of carbonyl (C=O) groups is 1. The molecule has 0 aliphatic heterocycles. The van der Waals surface area contributed by atoms with Crippen LogP contribution in [0.25, 0.3) is 0 Å². The van der Waals surface area contributed by atoms with Crippen LogP contribution in [0.2, 0.25) is 5.02 Å². The fourth-order valence-corrected chi connectivity index (χ4v) is 3.08. The first-order chi connectivity index (χ1) is 12.9. The number of ether oxygens (including phenoxy) is 2. The maximum absolute atomic E-state index is 11.6. The predicted molar refractivity (Wildman–Crippen MR) is 112 cm³/mol. The van der Waals surface area contributed by atoms with Crippen molar-refractivity contribution in [3.05, 3.63) is 57.0 Å². The van der Waals surface area contributed by atoms with Gasteiger partial charge in [-0.3, -0.25) is 4.79 Å². The minimum atomic E-state index is -0.119. The standard InChI is InChI=1S/C20H22BrClN2O3/c1-13(2)8-19(25)24-23-11-14-9-16(21)20(18(10-14)26-3)27-12-15-6-4-5-7-17(15)22/h4-7,9-11,13H,8,12H2,1-3H3,(H,24,25)/b23-11-. The third-order valence-electron chi connectivity index (χ3n) is 3.58. The number of methoxy groups -OCH3 is 1. The van der Waals surface area contributed by atoms with Gasteiger partial charge in [0.25, 0.3) is 0 Å². The van der Waals surface area contributed by atoms with Gasteiger partial charge in [0, 0.05) is 17.0 Å². The minimum absolute atomic E-state index is 0.119. The molecule has 2 aromatic carbocycles. The van der Waals surface area contributed by atoms with Crippen molar-refractivity contribution in [2.75, 3.05) is 7.11 Å². The van der Waals surface area contributed by atoms with Crippen molar-refractivity contribution in [3.63, 3.8) is 0 Å². The Balaban J connectivity index is 2.10. The lowest BCUT2D eigenvalue weighted by molar-refractivity contribution is -0.121. The zero-order valence-corrected chi connectivity index (χ0v) is 17.8. The molecule has 0 aliphatic rings. The molecule has 0 spiro atoms. The van der Waals surface area contributed by atoms with Crippen molar-refractivity contribution in [2.45, 2.75) is 26.9 Å². The predicted octanol–water partition coefficient (Wildman–Crippen LogP) is 5.19. The molecule has 0 heterocycles. The second-order valence-corrected chi connectivity index (χ2v) is 7.57. The van der Waals surface area contributed by atoms with Crippen LogP contribution < -0.4 is 14.9 Å². The lowest BCUT2D eigenvalue weighted by Crippen LogP contribution is -2.19. The smallest absolute Gasteiger partial charge is 0.240 e. The van der Waals surface area contributed by atoms with Gasteiger partial charge >= 0.3 is 0 Å². The average molecular weight is 454 g/mol. The number of rotatable bonds is 8. The normalized spacial score (nSPS) is 11.0. The summed E-state index contributed by atoms with van der Waals surface area (Å²) in [4.78, 5) is 11.6. The third kappa shape index (κ3) is 6.56. The lowest BCUT2D eigenvalue weighted by Gasteiger charge is -2.14. The summed E-state index contributed by atoms with van der Waals surface area (Å²) in [6.07, 6.45) is 1.99. The first kappa shape index (κ1) is 21.3. The number of carbonyl (C=O) groups excluding carboxylic acids is 1. The van der Waals surface area contributed by atoms with E-state index in [2.05, 4.69) is 26.5 Å². The fourth-order valence-electron chi connectivity index (χ4n) is 2.32. The van der Waals surface area contributed by atoms with Crippen LogP contribution >= 0.6 is 27.5 Å². The monoisotopic (exact) mass is 452 g/mol. The summed E-state index contributed by atoms with van der Waals surface area (Å²) in [5.74, 6) is 1.28. The average Bonchev–Trinajstić information content (AvgIpc) is 2.61. The maximum atomic E-state index is 11.6. The van der Waals surface area contributed by atoms with Crippen molar-refractivity contribution >= 4 is 39.7 Å². The lowest BCUT2D eigenvalue weighted by atomic mass is 10.1. The number of nitrogens with zero attached hydrogens (tertiary/aromatic N) is 1. The van der Waals surface area contributed by atoms with Crippen molar-refractivity contribution in [1.29, 1.82) is 0 Å². The van der Waals surface area contributed by atoms with Crippen LogP contribution in [-0.4, -0.2) is 19.2 Å². The van der Waals surface area contributed by atoms with Gasteiger partial charge < -0.3 is 9.47 Å². The highest BCUT2D eigenvalue weighted by Gasteiger charge is 2.12. The molecule has 5 nitrogen and oxygen atoms in total. The van der Waals surface area contributed by atoms with Crippen molar-refractivity contribution in [3.8, 4) is 11.5 Å². The number of benzene rings is 2. The van der Waals surface area contributed by atoms with Crippen LogP contribution in [-0.2, 0) is 11.4 Å². The number of nitrogens with one attached hydrogen (secondary N) is 1. The second kappa shape index (κ2) is 10.3. The third-order valence-corrected chi connectivity index (χ3v) is 4.54. The summed E-state index contributed by atoms with van der Waals surface area (Å²) < 4.78 is 12.0. The van der Waals surface area contributed by atoms with E-state index < -0.39 is 0 Å². The molecule has 0 saturated heterocycles. The minimum Gasteiger partial charge on any atom is -0.493 e. The number of hydrogen-bond donors (Lipinski definition) is 1. The molecule has 144 valence electrons. The van der Waals surface area contributed by atoms with Crippen molar-refractivity contribution in [1.82, 2.24) is 5.43 Å². The Bertz CT molecular complexity index is 825. The summed E-state index contributed by atoms with van der Waals surface area (Å²) in [6.45, 7) is 4.27. The second-order valence-electron chi connectivity index (χ2n) is 6.31. The highest BCUT2D eigenvalue weighted by atomic mass is 79.9. The van der Waals surface area contributed by atoms with Crippen LogP contribution in [0.4, 0.5) is 0 Å². The summed E-state index contributed by atoms with van der Waals surface area (Å²) in [5.41, 5.74) is 4.15. The molecule has 1 amide bonds. The molecule has 0 atom stereocenters. The summed E-state index contributed by atoms with van der Waals surface area (Å²) in [5, 5.41) is 4.63. The molecule has 0 radical (unpaired) electrons. The Labute approximate surface area is 172 Å². The van der Waals surface area contributed by atoms with Gasteiger partial charge in [-0.15, -0.1) is 0 Å². The topological polar surface area (TPSA) is 59.9 Å². The molecule has 0 fully saturated rings. The van der Waals surface area contributed by atoms with Crippen LogP contribution in [0.3, 0.4) is 0 Å². The Morgan fingerprint density at radius 3 is 2.74 bits per heavy atom. The van der Waals surface area contributed by atoms with Crippen molar-refractivity contribution < 1.29 is 14.3 Å². The zero-order valence-electron chi connectivity index (χ0n) is 15.5. The SMILES string of the molecule is COc1cc(/C=N\NC(=O)CC(C)C)cc(Br)c1OCc1ccccc1Cl. The van der Waals surface area contributed by atoms with Gasteiger partial charge in [-0.1, -0.05) is 43.6 Å². The van der Waals surface area contributed by atoms with E-state index in [9.17, 15) is 4.79 Å². The molecule has 2 rings (SSSR count). The van der Waals surface area contributed by atoms with Gasteiger partial charge in [-0.25, -0.2) is 5.43 Å². The van der Waals surface area contributed by atoms with E-state index >= 15 is 0 Å². The largest absolute Gasteiger partial charge is 0.493 e. The first-order valence-corrected chi connectivity index (χ1v) is 9.63. The molecule has 7 heteroatoms. The molecule has 0 unspecified atom stereocenters. The summed E-state index contributed by atoms with van der Waals surface area (Å²) >= 11 is 9.67. The number of amides is 1. The van der Waals surface area contributed by atoms with Crippen LogP contribution in [0.1, 0.15) is 31.4 Å². The van der Waals surface area contributed by atoms with E-state index in [1.807, 2.05) is 44.2 Å². The Kier molecular flexibility index (Phi) is 8.13. The first-order valence-electron chi connectivity index (χ1n) is 8.46. The number of halogens is 2. The number of hydrogen-bond acceptors (Lipinski definition) is 4. The quantitative estimate of drug-likeness (QED) is 0.442. The summed E-state index contributed by atoms with van der Waals surface area (Å²) in [7, 11) is 1.56. The molecule has 0 aromatic heterocycles. The summed E-state index contributed by atoms with van der Waals surface area (Å²) in [6, 6.07) is 11.1. The van der Waals surface area contributed by atoms with E-state index in [4.69, 9.17) is 21.1 Å². The Morgan fingerprint density at radius 1 is 1.33 bits per heavy atom. The van der Waals surface area contributed by atoms with E-state index in [1.54, 1.807) is 19.4 Å². The molecule has 0 aliphatic carbocycles. The van der Waals surface area contributed by atoms with E-state index in [-0.39, 0.29) is 11.8 Å². The molecule has 1 N–H and O–H groups in total. The van der Waals surface area contributed by atoms with E-state index in [1.165, 1.54) is 0 Å². The van der Waals surface area contributed by atoms with Gasteiger partial charge in [-0.05, 0) is 45.6 Å². The molecule has 0 saturated carbocycles. The van der Waals surface area contributed by atoms with Crippen LogP contribution in [0, 0.1) is 5.92 Å². The molecule has 2 aromatic rings. The van der Waals surface area contributed by atoms with Gasteiger partial charge in [0.15, 0.2) is 11.5 Å². The fraction of sp³-hybridized carbons (Fsp3) is 0.300. The van der Waals surface area contributed by atoms with Crippen LogP contribution in [0.5, 0.6) is 11.5 Å². The molecule has 27 heavy (non-hydrogen) atoms. The highest BCUT2D eigenvalue weighted by Crippen LogP contribution is 2.37. The van der Waals surface area contributed by atoms with Gasteiger partial charge in [0.05, 0.1) is 17.8 Å². The van der Waals surface area contributed by atoms with E-state index in [0.717, 1.165) is 11.1 Å². The zero-order chi connectivity index (χ0) is 19.8. The number of hydrazone groups is 1. The van der Waals surface area contributed by atoms with Gasteiger partial charge in [0.2, 0.25) is 5.91 Å². The van der Waals surface area contributed by atoms with E-state index in [0.29, 0.717) is 34.0 Å². The Hall–Kier alpha value is -2.05. The highest BCUT2D eigenvalue weighted by molar-refractivity contribution is 9.10. The Morgan fingerprint density at radius 2 is 2.07 bits per heavy atom. The van der Waals surface area contributed by atoms with Gasteiger partial charge in [-0.2, -0.15) is 5.10 Å². The molecule has 0 bridgehead atoms. The van der Waals surface area contributed by atoms with Gasteiger partial charge in [0.1, 0.15) is 6.61 Å². The van der Waals surface area contributed by atoms with Crippen LogP contribution in [0.15, 0.2) is 46.0 Å². The maximum Gasteiger partial charge on any atom is 0.240 e. The molecular weight excluding hydrogens is 432 g/mol. The van der Waals surface area contributed by atoms with Crippen molar-refractivity contribution in [2.24, 2.45) is 11.0 Å². The molecular formula is C20H22BrClN2O3.